The average molecular weight is 430 g/mol. The zero-order valence-corrected chi connectivity index (χ0v) is 17.3. The minimum absolute atomic E-state index is 0.0203. The van der Waals surface area contributed by atoms with Crippen LogP contribution in [0.15, 0.2) is 83.8 Å². The summed E-state index contributed by atoms with van der Waals surface area (Å²) in [7, 11) is -3.97. The van der Waals surface area contributed by atoms with Crippen molar-refractivity contribution >= 4 is 27.5 Å². The second-order valence-electron chi connectivity index (χ2n) is 6.47. The summed E-state index contributed by atoms with van der Waals surface area (Å²) in [5.41, 5.74) is 1.98. The molecule has 3 aromatic carbocycles. The van der Waals surface area contributed by atoms with Crippen LogP contribution in [0.2, 0.25) is 5.02 Å². The van der Waals surface area contributed by atoms with E-state index in [1.54, 1.807) is 36.4 Å². The quantitative estimate of drug-likeness (QED) is 0.595. The number of alkyl carbamates (subject to hydrolysis) is 1. The topological polar surface area (TPSA) is 72.5 Å². The van der Waals surface area contributed by atoms with Gasteiger partial charge in [0.1, 0.15) is 6.61 Å². The lowest BCUT2D eigenvalue weighted by Crippen LogP contribution is -2.34. The van der Waals surface area contributed by atoms with Gasteiger partial charge in [0.25, 0.3) is 0 Å². The van der Waals surface area contributed by atoms with Gasteiger partial charge in [-0.2, -0.15) is 0 Å². The molecular weight excluding hydrogens is 410 g/mol. The third kappa shape index (κ3) is 5.16. The van der Waals surface area contributed by atoms with Gasteiger partial charge in [0.15, 0.2) is 5.37 Å². The van der Waals surface area contributed by atoms with Crippen LogP contribution in [0, 0.1) is 6.92 Å². The zero-order valence-electron chi connectivity index (χ0n) is 15.7. The highest BCUT2D eigenvalue weighted by atomic mass is 35.5. The van der Waals surface area contributed by atoms with Crippen LogP contribution in [-0.4, -0.2) is 14.5 Å². The molecule has 0 fully saturated rings. The molecule has 0 spiro atoms. The molecule has 0 bridgehead atoms. The second-order valence-corrected chi connectivity index (χ2v) is 8.91. The fourth-order valence-electron chi connectivity index (χ4n) is 2.75. The Labute approximate surface area is 175 Å². The summed E-state index contributed by atoms with van der Waals surface area (Å²) in [6.07, 6.45) is -0.852. The molecule has 0 aliphatic heterocycles. The highest BCUT2D eigenvalue weighted by molar-refractivity contribution is 7.91. The van der Waals surface area contributed by atoms with Gasteiger partial charge < -0.3 is 10.1 Å². The number of hydrogen-bond acceptors (Lipinski definition) is 4. The van der Waals surface area contributed by atoms with E-state index in [1.165, 1.54) is 12.1 Å². The van der Waals surface area contributed by atoms with Crippen molar-refractivity contribution < 1.29 is 17.9 Å². The van der Waals surface area contributed by atoms with Gasteiger partial charge in [-0.25, -0.2) is 13.2 Å². The molecule has 1 atom stereocenters. The minimum Gasteiger partial charge on any atom is -0.445 e. The van der Waals surface area contributed by atoms with E-state index in [1.807, 2.05) is 37.3 Å². The molecule has 0 aliphatic carbocycles. The summed E-state index contributed by atoms with van der Waals surface area (Å²) in [6, 6.07) is 22.0. The molecule has 0 heterocycles. The lowest BCUT2D eigenvalue weighted by molar-refractivity contribution is 0.138. The van der Waals surface area contributed by atoms with Gasteiger partial charge in [-0.1, -0.05) is 77.8 Å². The van der Waals surface area contributed by atoms with Crippen molar-refractivity contribution in [2.24, 2.45) is 0 Å². The van der Waals surface area contributed by atoms with Crippen molar-refractivity contribution in [3.63, 3.8) is 0 Å². The number of amides is 1. The standard InChI is InChI=1S/C22H20ClNO4S/c1-16-11-13-18(14-12-16)29(26,27)21(19-9-5-6-10-20(19)23)24-22(25)28-15-17-7-3-2-4-8-17/h2-14,21H,15H2,1H3,(H,24,25). The predicted molar refractivity (Wildman–Crippen MR) is 112 cm³/mol. The Kier molecular flexibility index (Phi) is 6.56. The lowest BCUT2D eigenvalue weighted by Gasteiger charge is -2.21. The van der Waals surface area contributed by atoms with Crippen LogP contribution >= 0.6 is 11.6 Å². The van der Waals surface area contributed by atoms with Gasteiger partial charge in [0, 0.05) is 10.6 Å². The molecule has 1 amide bonds. The van der Waals surface area contributed by atoms with Crippen molar-refractivity contribution in [3.8, 4) is 0 Å². The van der Waals surface area contributed by atoms with Crippen LogP contribution in [0.25, 0.3) is 0 Å². The molecule has 3 aromatic rings. The first-order valence-electron chi connectivity index (χ1n) is 8.90. The number of carbonyl (C=O) groups is 1. The Bertz CT molecular complexity index is 1080. The van der Waals surface area contributed by atoms with Crippen molar-refractivity contribution in [2.45, 2.75) is 23.8 Å². The maximum Gasteiger partial charge on any atom is 0.408 e. The molecule has 1 N–H and O–H groups in total. The zero-order chi connectivity index (χ0) is 20.9. The number of aryl methyl sites for hydroxylation is 1. The number of ether oxygens (including phenoxy) is 1. The molecule has 29 heavy (non-hydrogen) atoms. The maximum absolute atomic E-state index is 13.3. The Morgan fingerprint density at radius 3 is 2.24 bits per heavy atom. The summed E-state index contributed by atoms with van der Waals surface area (Å²) < 4.78 is 31.8. The summed E-state index contributed by atoms with van der Waals surface area (Å²) in [6.45, 7) is 1.88. The van der Waals surface area contributed by atoms with Gasteiger partial charge in [-0.05, 0) is 30.7 Å². The molecular formula is C22H20ClNO4S. The Morgan fingerprint density at radius 1 is 0.966 bits per heavy atom. The fraction of sp³-hybridized carbons (Fsp3) is 0.136. The first kappa shape index (κ1) is 20.9. The van der Waals surface area contributed by atoms with Crippen LogP contribution in [0.1, 0.15) is 22.1 Å². The van der Waals surface area contributed by atoms with Crippen molar-refractivity contribution in [3.05, 3.63) is 101 Å². The molecule has 5 nitrogen and oxygen atoms in total. The first-order valence-corrected chi connectivity index (χ1v) is 10.8. The number of benzene rings is 3. The van der Waals surface area contributed by atoms with Gasteiger partial charge in [-0.3, -0.25) is 0 Å². The van der Waals surface area contributed by atoms with Crippen LogP contribution in [0.3, 0.4) is 0 Å². The predicted octanol–water partition coefficient (Wildman–Crippen LogP) is 5.05. The SMILES string of the molecule is Cc1ccc(S(=O)(=O)C(NC(=O)OCc2ccccc2)c2ccccc2Cl)cc1. The molecule has 0 aromatic heterocycles. The van der Waals surface area contributed by atoms with E-state index in [0.717, 1.165) is 11.1 Å². The number of carbonyl (C=O) groups excluding carboxylic acids is 1. The van der Waals surface area contributed by atoms with Crippen LogP contribution < -0.4 is 5.32 Å². The van der Waals surface area contributed by atoms with Crippen molar-refractivity contribution in [1.82, 2.24) is 5.32 Å². The minimum atomic E-state index is -3.97. The average Bonchev–Trinajstić information content (AvgIpc) is 2.72. The van der Waals surface area contributed by atoms with E-state index in [2.05, 4.69) is 5.32 Å². The molecule has 1 unspecified atom stereocenters. The summed E-state index contributed by atoms with van der Waals surface area (Å²) in [5.74, 6) is 0. The number of halogens is 1. The highest BCUT2D eigenvalue weighted by Crippen LogP contribution is 2.31. The number of hydrogen-bond donors (Lipinski definition) is 1. The summed E-state index contributed by atoms with van der Waals surface area (Å²) in [4.78, 5) is 12.5. The fourth-order valence-corrected chi connectivity index (χ4v) is 4.63. The van der Waals surface area contributed by atoms with E-state index in [9.17, 15) is 13.2 Å². The third-order valence-corrected chi connectivity index (χ3v) is 6.58. The largest absolute Gasteiger partial charge is 0.445 e. The van der Waals surface area contributed by atoms with E-state index < -0.39 is 21.3 Å². The third-order valence-electron chi connectivity index (χ3n) is 4.31. The Morgan fingerprint density at radius 2 is 1.59 bits per heavy atom. The number of rotatable bonds is 6. The maximum atomic E-state index is 13.3. The molecule has 0 radical (unpaired) electrons. The van der Waals surface area contributed by atoms with Crippen LogP contribution in [0.4, 0.5) is 4.79 Å². The molecule has 150 valence electrons. The monoisotopic (exact) mass is 429 g/mol. The van der Waals surface area contributed by atoms with E-state index >= 15 is 0 Å². The highest BCUT2D eigenvalue weighted by Gasteiger charge is 2.32. The molecule has 0 aliphatic rings. The van der Waals surface area contributed by atoms with Gasteiger partial charge >= 0.3 is 6.09 Å². The number of nitrogens with one attached hydrogen (secondary N) is 1. The summed E-state index contributed by atoms with van der Waals surface area (Å²) >= 11 is 6.24. The Hall–Kier alpha value is -2.83. The van der Waals surface area contributed by atoms with Crippen LogP contribution in [-0.2, 0) is 21.2 Å². The second kappa shape index (κ2) is 9.11. The van der Waals surface area contributed by atoms with E-state index in [-0.39, 0.29) is 22.1 Å². The number of sulfone groups is 1. The lowest BCUT2D eigenvalue weighted by atomic mass is 10.2. The normalized spacial score (nSPS) is 12.2. The summed E-state index contributed by atoms with van der Waals surface area (Å²) in [5, 5.41) is 1.31. The smallest absolute Gasteiger partial charge is 0.408 e. The molecule has 0 saturated heterocycles. The molecule has 0 saturated carbocycles. The van der Waals surface area contributed by atoms with Crippen LogP contribution in [0.5, 0.6) is 0 Å². The van der Waals surface area contributed by atoms with E-state index in [0.29, 0.717) is 0 Å². The van der Waals surface area contributed by atoms with Gasteiger partial charge in [-0.15, -0.1) is 0 Å². The Balaban J connectivity index is 1.88. The van der Waals surface area contributed by atoms with Crippen molar-refractivity contribution in [1.29, 1.82) is 0 Å². The van der Waals surface area contributed by atoms with Gasteiger partial charge in [0.05, 0.1) is 4.90 Å². The van der Waals surface area contributed by atoms with Gasteiger partial charge in [0.2, 0.25) is 9.84 Å². The van der Waals surface area contributed by atoms with E-state index in [4.69, 9.17) is 16.3 Å². The molecule has 3 rings (SSSR count). The first-order chi connectivity index (χ1) is 13.9. The molecule has 7 heteroatoms. The van der Waals surface area contributed by atoms with Crippen molar-refractivity contribution in [2.75, 3.05) is 0 Å².